The second kappa shape index (κ2) is 30.1. The smallest absolute Gasteiger partial charge is 0 e. The number of hydrogen-bond donors (Lipinski definition) is 4. The zero-order chi connectivity index (χ0) is 32.3. The normalized spacial score (nSPS) is 9.37. The Hall–Kier alpha value is 0.0494. The van der Waals surface area contributed by atoms with E-state index in [2.05, 4.69) is 29.1 Å². The maximum atomic E-state index is 11.0. The minimum Gasteiger partial charge on any atom is 0 e. The van der Waals surface area contributed by atoms with Gasteiger partial charge in [0.1, 0.15) is 14.0 Å². The van der Waals surface area contributed by atoms with Gasteiger partial charge in [0.25, 0.3) is 0 Å². The molecule has 0 fully saturated rings. The van der Waals surface area contributed by atoms with Gasteiger partial charge in [-0.05, 0) is 25.6 Å². The van der Waals surface area contributed by atoms with Gasteiger partial charge in [0, 0.05) is 42.4 Å². The molecule has 0 bridgehead atoms. The quantitative estimate of drug-likeness (QED) is 0.147. The Bertz CT molecular complexity index is 1280. The van der Waals surface area contributed by atoms with E-state index < -0.39 is 6.51 Å². The third kappa shape index (κ3) is 25.1. The summed E-state index contributed by atoms with van der Waals surface area (Å²) in [5, 5.41) is 18.3. The average Bonchev–Trinajstić information content (AvgIpc) is 2.95. The number of rotatable bonds is 3. The molecule has 1 atom stereocenters. The van der Waals surface area contributed by atoms with Gasteiger partial charge >= 0.3 is 73.9 Å². The van der Waals surface area contributed by atoms with E-state index in [1.165, 1.54) is 31.8 Å². The first-order valence-electron chi connectivity index (χ1n) is 10.9. The van der Waals surface area contributed by atoms with Crippen molar-refractivity contribution in [1.82, 2.24) is 19.9 Å². The fraction of sp³-hybridized carbons (Fsp3) is 0. The van der Waals surface area contributed by atoms with Crippen LogP contribution in [0.4, 0.5) is 0 Å². The average molecular weight is 857 g/mol. The molecule has 0 aliphatic carbocycles. The summed E-state index contributed by atoms with van der Waals surface area (Å²) in [6.07, 6.45) is 0. The van der Waals surface area contributed by atoms with E-state index in [1.54, 1.807) is 48.5 Å². The van der Waals surface area contributed by atoms with Crippen molar-refractivity contribution >= 4 is 93.7 Å². The molecule has 4 N–H and O–H groups in total. The number of pyridine rings is 4. The standard InChI is InChI=1S/2C10H8N2O2.BCl2H2P.BH3P.4ClH.3Co/c2*13-9-5-1-3-7(11-9)8-4-2-6-10(14)12-8;1-4(2)3;1-2;;;;;;;/h2*1-6H,(H,11,13)(H,12,14);1,4H;1H,2H2;4*1H;;;/q;;+1;;;;;;;2*+2/p-4/i;;2*1D;;;;;;;. The van der Waals surface area contributed by atoms with Crippen LogP contribution in [0.5, 0.6) is 11.8 Å². The van der Waals surface area contributed by atoms with Gasteiger partial charge in [-0.25, -0.2) is 9.97 Å². The largest absolute Gasteiger partial charge is 0 e. The van der Waals surface area contributed by atoms with Crippen molar-refractivity contribution in [3.63, 3.8) is 0 Å². The summed E-state index contributed by atoms with van der Waals surface area (Å²) in [4.78, 5) is 35.0. The Labute approximate surface area is 294 Å². The summed E-state index contributed by atoms with van der Waals surface area (Å²) in [6, 6.07) is 19.3. The summed E-state index contributed by atoms with van der Waals surface area (Å²) < 4.78 is 12.4. The van der Waals surface area contributed by atoms with Crippen LogP contribution in [-0.2, 0) is 42.6 Å². The fourth-order valence-corrected chi connectivity index (χ4v) is 2.34. The van der Waals surface area contributed by atoms with Crippen molar-refractivity contribution in [3.8, 4) is 34.5 Å². The SMILES string of the molecule is O=c1cccc(-c2cccc(=O)[nH]2)[nH]1.Oc1cccc(-c2cccc(O)n2)n1.[2H][B]P.[2H][B][PH+](Cl)Cl.[Cl][Co][Cl].[Cl][Co][Cl].[Co]. The van der Waals surface area contributed by atoms with Crippen LogP contribution in [0, 0.1) is 0 Å². The summed E-state index contributed by atoms with van der Waals surface area (Å²) in [6.45, 7) is -1.39. The van der Waals surface area contributed by atoms with Crippen molar-refractivity contribution in [2.75, 3.05) is 0 Å². The van der Waals surface area contributed by atoms with Gasteiger partial charge in [0.05, 0.1) is 45.3 Å². The van der Waals surface area contributed by atoms with Crippen LogP contribution in [0.25, 0.3) is 22.8 Å². The van der Waals surface area contributed by atoms with Gasteiger partial charge in [-0.1, -0.05) is 24.3 Å². The van der Waals surface area contributed by atoms with E-state index >= 15 is 0 Å². The van der Waals surface area contributed by atoms with E-state index in [0.29, 0.717) is 48.6 Å². The Morgan fingerprint density at radius 3 is 1.29 bits per heavy atom. The van der Waals surface area contributed by atoms with E-state index in [9.17, 15) is 9.59 Å². The molecule has 0 spiro atoms. The van der Waals surface area contributed by atoms with Crippen LogP contribution in [0.15, 0.2) is 82.4 Å². The zero-order valence-electron chi connectivity index (χ0n) is 22.0. The minimum atomic E-state index is -1.39. The van der Waals surface area contributed by atoms with Crippen LogP contribution in [0.2, 0.25) is 0 Å². The minimum absolute atomic E-state index is 0. The number of halogens is 6. The Balaban J connectivity index is -0.000000516. The van der Waals surface area contributed by atoms with Gasteiger partial charge in [0.15, 0.2) is 0 Å². The van der Waals surface area contributed by atoms with E-state index in [4.69, 9.17) is 76.0 Å². The molecule has 4 heterocycles. The van der Waals surface area contributed by atoms with Crippen molar-refractivity contribution in [2.45, 2.75) is 0 Å². The first kappa shape index (κ1) is 41.0. The predicted octanol–water partition coefficient (Wildman–Crippen LogP) is 6.04. The molecule has 0 saturated heterocycles. The predicted molar refractivity (Wildman–Crippen MR) is 171 cm³/mol. The molecular formula is C20H21B2Cl6Co3N4O4P2+. The first-order valence-corrected chi connectivity index (χ1v) is 19.7. The van der Waals surface area contributed by atoms with E-state index in [-0.39, 0.29) is 39.7 Å². The maximum absolute atomic E-state index is 11.0. The van der Waals surface area contributed by atoms with E-state index in [1.807, 2.05) is 0 Å². The number of hydrogen-bond acceptors (Lipinski definition) is 6. The molecule has 21 heteroatoms. The number of H-pyrrole nitrogens is 2. The van der Waals surface area contributed by atoms with Crippen LogP contribution in [0.3, 0.4) is 0 Å². The van der Waals surface area contributed by atoms with Gasteiger partial charge in [-0.15, -0.1) is 0 Å². The first-order chi connectivity index (χ1) is 20.0. The molecule has 8 nitrogen and oxygen atoms in total. The molecule has 0 amide bonds. The number of aromatic nitrogens is 4. The Morgan fingerprint density at radius 1 is 0.756 bits per heavy atom. The number of nitrogens with zero attached hydrogens (tertiary/aromatic N) is 2. The number of aromatic hydroxyl groups is 2. The number of aromatic amines is 2. The topological polar surface area (TPSA) is 132 Å². The second-order valence-electron chi connectivity index (χ2n) is 6.00. The van der Waals surface area contributed by atoms with Crippen molar-refractivity contribution in [2.24, 2.45) is 0 Å². The van der Waals surface area contributed by atoms with Crippen molar-refractivity contribution < 1.29 is 52.8 Å². The van der Waals surface area contributed by atoms with E-state index in [0.717, 1.165) is 7.53 Å². The zero-order valence-corrected chi connectivity index (χ0v) is 29.8. The van der Waals surface area contributed by atoms with Crippen molar-refractivity contribution in [1.29, 1.82) is 2.67 Å². The molecule has 0 aliphatic heterocycles. The molecule has 0 aliphatic rings. The summed E-state index contributed by atoms with van der Waals surface area (Å²) >= 11 is 10.9. The Morgan fingerprint density at radius 2 is 1.05 bits per heavy atom. The van der Waals surface area contributed by atoms with Crippen LogP contribution in [-0.4, -0.2) is 47.9 Å². The van der Waals surface area contributed by atoms with Gasteiger partial charge in [0.2, 0.25) is 22.9 Å². The molecule has 4 aromatic heterocycles. The summed E-state index contributed by atoms with van der Waals surface area (Å²) in [5.74, 6) is -0.125. The third-order valence-corrected chi connectivity index (χ3v) is 3.56. The maximum Gasteiger partial charge on any atom is 0 e. The number of nitrogens with one attached hydrogen (secondary N) is 2. The summed E-state index contributed by atoms with van der Waals surface area (Å²) in [7, 11) is 23.3. The van der Waals surface area contributed by atoms with Crippen molar-refractivity contribution in [3.05, 3.63) is 93.5 Å². The van der Waals surface area contributed by atoms with Gasteiger partial charge in [-0.3, -0.25) is 9.59 Å². The van der Waals surface area contributed by atoms with Crippen LogP contribution >= 0.6 is 78.7 Å². The molecule has 229 valence electrons. The third-order valence-electron chi connectivity index (χ3n) is 3.56. The fourth-order valence-electron chi connectivity index (χ4n) is 2.34. The molecule has 4 rings (SSSR count). The molecular weight excluding hydrogens is 833 g/mol. The molecule has 3 radical (unpaired) electrons. The van der Waals surface area contributed by atoms with Gasteiger partial charge in [-0.2, -0.15) is 9.12 Å². The summed E-state index contributed by atoms with van der Waals surface area (Å²) in [5.41, 5.74) is 1.90. The Kier molecular flexibility index (Phi) is 30.1. The van der Waals surface area contributed by atoms with Crippen LogP contribution in [0.1, 0.15) is 0 Å². The second-order valence-corrected chi connectivity index (χ2v) is 13.0. The molecule has 0 saturated carbocycles. The molecule has 1 unspecified atom stereocenters. The molecule has 0 aromatic carbocycles. The molecule has 41 heavy (non-hydrogen) atoms. The van der Waals surface area contributed by atoms with Crippen LogP contribution < -0.4 is 11.1 Å². The monoisotopic (exact) mass is 854 g/mol. The molecule has 4 aromatic rings. The van der Waals surface area contributed by atoms with Gasteiger partial charge < -0.3 is 20.2 Å².